The molecule has 0 saturated heterocycles. The Labute approximate surface area is 846 Å². The first kappa shape index (κ1) is 83.0. The van der Waals surface area contributed by atoms with Crippen molar-refractivity contribution >= 4 is 262 Å². The van der Waals surface area contributed by atoms with E-state index in [-0.39, 0.29) is 0 Å². The van der Waals surface area contributed by atoms with Gasteiger partial charge in [0, 0.05) is 128 Å². The van der Waals surface area contributed by atoms with E-state index < -0.39 is 0 Å². The number of benzene rings is 24. The number of anilines is 12. The quantitative estimate of drug-likeness (QED) is 0.0894. The lowest BCUT2D eigenvalue weighted by atomic mass is 9.95. The summed E-state index contributed by atoms with van der Waals surface area (Å²) in [5, 5.41) is 22.4. The van der Waals surface area contributed by atoms with Gasteiger partial charge in [0.15, 0.2) is 22.3 Å². The van der Waals surface area contributed by atoms with Gasteiger partial charge in [-0.3, -0.25) is 0 Å². The van der Waals surface area contributed by atoms with Crippen molar-refractivity contribution in [2.45, 2.75) is 0 Å². The van der Waals surface area contributed by atoms with Crippen molar-refractivity contribution in [3.63, 3.8) is 0 Å². The van der Waals surface area contributed by atoms with Crippen molar-refractivity contribution in [1.29, 1.82) is 0 Å². The molecule has 682 valence electrons. The maximum Gasteiger partial charge on any atom is 0.159 e. The summed E-state index contributed by atoms with van der Waals surface area (Å²) >= 11 is 3.68. The standard InChI is InChI=1S/C136H82N4O4S2/c1-4-31-83(32-5-1)86-67-71-93(72-68-86)137(113-56-28-53-109-101-45-18-22-59-121(101)141-133(109)113)116-79-125-129(105-49-14-10-41-97(105)116)130-106-50-15-11-42-98(106)117(80-126(130)145-125)138(94-73-69-87(70-74-94)84-33-6-2-7-34-84)120-78-92(77-112-104-48-21-25-62-124(104)144-136(112)120)89-65-63-88(64-66-89)91-38-27-40-96(76-91)140(115-58-30-55-111-103-47-20-24-61-123(103)143-135(111)115)119-82-128-132(108-52-17-13-44-100(108)119)131-107-51-16-12-43-99(107)118(81-127(131)146-128)139(95-39-26-37-90(75-95)85-35-8-3-9-36-85)114-57-29-54-110-102-46-19-23-60-122(102)142-134(110)114/h1-82H. The molecule has 0 saturated carbocycles. The molecule has 8 nitrogen and oxygen atoms in total. The number of rotatable bonds is 17. The number of furan rings is 4. The van der Waals surface area contributed by atoms with E-state index in [0.717, 1.165) is 274 Å². The van der Waals surface area contributed by atoms with Gasteiger partial charge in [0.25, 0.3) is 0 Å². The molecule has 0 radical (unpaired) electrons. The lowest BCUT2D eigenvalue weighted by Crippen LogP contribution is -2.11. The molecule has 24 aromatic carbocycles. The number of hydrogen-bond acceptors (Lipinski definition) is 10. The average Bonchev–Trinajstić information content (AvgIpc) is 1.54. The van der Waals surface area contributed by atoms with E-state index in [0.29, 0.717) is 0 Å². The zero-order valence-corrected chi connectivity index (χ0v) is 80.2. The molecule has 10 heteroatoms. The highest BCUT2D eigenvalue weighted by molar-refractivity contribution is 7.26. The van der Waals surface area contributed by atoms with Crippen molar-refractivity contribution in [1.82, 2.24) is 0 Å². The van der Waals surface area contributed by atoms with Crippen LogP contribution in [0.1, 0.15) is 0 Å². The summed E-state index contributed by atoms with van der Waals surface area (Å²) in [5.41, 5.74) is 29.5. The molecule has 0 amide bonds. The molecule has 0 bridgehead atoms. The second-order valence-corrected chi connectivity index (χ2v) is 40.1. The number of hydrogen-bond donors (Lipinski definition) is 0. The van der Waals surface area contributed by atoms with E-state index in [1.807, 2.05) is 22.7 Å². The van der Waals surface area contributed by atoms with Gasteiger partial charge in [-0.15, -0.1) is 22.7 Å². The highest BCUT2D eigenvalue weighted by Gasteiger charge is 2.33. The Morgan fingerprint density at radius 2 is 0.363 bits per heavy atom. The average molecular weight is 1900 g/mol. The second kappa shape index (κ2) is 33.4. The third kappa shape index (κ3) is 13.3. The molecule has 6 heterocycles. The Kier molecular flexibility index (Phi) is 19.0. The zero-order valence-electron chi connectivity index (χ0n) is 78.6. The molecule has 0 spiro atoms. The summed E-state index contributed by atoms with van der Waals surface area (Å²) in [6, 6.07) is 181. The zero-order chi connectivity index (χ0) is 95.7. The van der Waals surface area contributed by atoms with Crippen LogP contribution >= 0.6 is 22.7 Å². The van der Waals surface area contributed by atoms with Gasteiger partial charge >= 0.3 is 0 Å². The molecule has 0 atom stereocenters. The smallest absolute Gasteiger partial charge is 0.159 e. The molecule has 30 aromatic rings. The molecule has 0 unspecified atom stereocenters. The van der Waals surface area contributed by atoms with Gasteiger partial charge < -0.3 is 37.3 Å². The fourth-order valence-corrected chi connectivity index (χ4v) is 25.6. The van der Waals surface area contributed by atoms with Crippen LogP contribution < -0.4 is 19.6 Å². The fourth-order valence-electron chi connectivity index (χ4n) is 23.2. The first-order valence-corrected chi connectivity index (χ1v) is 51.2. The number of thiophene rings is 2. The van der Waals surface area contributed by atoms with Crippen molar-refractivity contribution in [3.05, 3.63) is 497 Å². The predicted molar refractivity (Wildman–Crippen MR) is 617 cm³/mol. The van der Waals surface area contributed by atoms with Crippen LogP contribution in [0.5, 0.6) is 0 Å². The molecule has 0 fully saturated rings. The van der Waals surface area contributed by atoms with Gasteiger partial charge in [0.2, 0.25) is 0 Å². The summed E-state index contributed by atoms with van der Waals surface area (Å²) in [7, 11) is 0. The molecule has 146 heavy (non-hydrogen) atoms. The van der Waals surface area contributed by atoms with Crippen LogP contribution in [0.15, 0.2) is 515 Å². The van der Waals surface area contributed by atoms with Crippen LogP contribution in [0, 0.1) is 0 Å². The van der Waals surface area contributed by atoms with E-state index in [1.165, 1.54) is 21.5 Å². The summed E-state index contributed by atoms with van der Waals surface area (Å²) in [4.78, 5) is 9.78. The Hall–Kier alpha value is -18.8. The fraction of sp³-hybridized carbons (Fsp3) is 0. The molecule has 0 aliphatic rings. The summed E-state index contributed by atoms with van der Waals surface area (Å²) in [5.74, 6) is 0. The van der Waals surface area contributed by atoms with Gasteiger partial charge in [0.05, 0.1) is 45.5 Å². The summed E-state index contributed by atoms with van der Waals surface area (Å²) in [6.45, 7) is 0. The lowest BCUT2D eigenvalue weighted by Gasteiger charge is -2.28. The Balaban J connectivity index is 0.576. The topological polar surface area (TPSA) is 65.5 Å². The van der Waals surface area contributed by atoms with Gasteiger partial charge in [-0.1, -0.05) is 370 Å². The maximum atomic E-state index is 7.36. The minimum atomic E-state index is 0.783. The Bertz CT molecular complexity index is 10600. The van der Waals surface area contributed by atoms with Gasteiger partial charge in [-0.2, -0.15) is 0 Å². The summed E-state index contributed by atoms with van der Waals surface area (Å²) in [6.07, 6.45) is 0. The van der Waals surface area contributed by atoms with Crippen LogP contribution in [0.3, 0.4) is 0 Å². The van der Waals surface area contributed by atoms with Gasteiger partial charge in [-0.05, 0) is 205 Å². The lowest BCUT2D eigenvalue weighted by molar-refractivity contribution is 0.669. The number of para-hydroxylation sites is 7. The SMILES string of the molecule is c1ccc(-c2ccc(N(c3cc4sc5cc(N(c6ccc(-c7ccccc7)cc6)c6cc(-c7ccc(-c8cccc(N(c9cc%10sc%11cc(N(c%12cccc(-c%13ccccc%13)c%12)c%12cccc%13c%12oc%12ccccc%12%13)c%12ccccc%12c%11c%10c%10ccccc9%10)c9cccc%10c9oc9ccccc9%10)c8)cc7)cc7c6oc6ccccc67)c6ccccc6c5c4c4ccccc34)c3cccc4c3oc3ccccc34)cc2)cc1. The third-order valence-corrected chi connectivity index (χ3v) is 31.9. The van der Waals surface area contributed by atoms with E-state index >= 15 is 0 Å². The van der Waals surface area contributed by atoms with Crippen LogP contribution in [0.25, 0.3) is 227 Å². The van der Waals surface area contributed by atoms with Crippen LogP contribution in [-0.2, 0) is 0 Å². The van der Waals surface area contributed by atoms with E-state index in [2.05, 4.69) is 517 Å². The molecule has 0 aliphatic carbocycles. The minimum Gasteiger partial charge on any atom is -0.454 e. The second-order valence-electron chi connectivity index (χ2n) is 37.9. The largest absolute Gasteiger partial charge is 0.454 e. The van der Waals surface area contributed by atoms with Gasteiger partial charge in [-0.25, -0.2) is 0 Å². The highest BCUT2D eigenvalue weighted by Crippen LogP contribution is 2.58. The summed E-state index contributed by atoms with van der Waals surface area (Å²) < 4.78 is 33.1. The highest BCUT2D eigenvalue weighted by atomic mass is 32.1. The first-order valence-electron chi connectivity index (χ1n) is 49.5. The van der Waals surface area contributed by atoms with E-state index in [4.69, 9.17) is 17.7 Å². The van der Waals surface area contributed by atoms with Gasteiger partial charge in [0.1, 0.15) is 22.3 Å². The van der Waals surface area contributed by atoms with Crippen LogP contribution in [0.2, 0.25) is 0 Å². The maximum absolute atomic E-state index is 7.36. The van der Waals surface area contributed by atoms with E-state index in [1.54, 1.807) is 0 Å². The third-order valence-electron chi connectivity index (χ3n) is 29.8. The number of nitrogens with zero attached hydrogens (tertiary/aromatic N) is 4. The van der Waals surface area contributed by atoms with Crippen molar-refractivity contribution in [2.75, 3.05) is 19.6 Å². The van der Waals surface area contributed by atoms with Crippen molar-refractivity contribution in [2.24, 2.45) is 0 Å². The molecule has 30 rings (SSSR count). The van der Waals surface area contributed by atoms with Crippen molar-refractivity contribution < 1.29 is 17.7 Å². The normalized spacial score (nSPS) is 12.0. The molecular weight excluding hydrogens is 1820 g/mol. The molecular formula is C136H82N4O4S2. The Morgan fingerprint density at radius 1 is 0.130 bits per heavy atom. The predicted octanol–water partition coefficient (Wildman–Crippen LogP) is 40.8. The molecule has 0 N–H and O–H groups in total. The molecule has 6 aromatic heterocycles. The first-order chi connectivity index (χ1) is 72.4. The van der Waals surface area contributed by atoms with Crippen molar-refractivity contribution in [3.8, 4) is 55.6 Å². The number of fused-ring (bicyclic) bond motifs is 26. The molecule has 0 aliphatic heterocycles. The monoisotopic (exact) mass is 1900 g/mol. The van der Waals surface area contributed by atoms with Crippen LogP contribution in [0.4, 0.5) is 68.2 Å². The minimum absolute atomic E-state index is 0.783. The Morgan fingerprint density at radius 3 is 0.705 bits per heavy atom. The van der Waals surface area contributed by atoms with E-state index in [9.17, 15) is 0 Å². The van der Waals surface area contributed by atoms with Crippen LogP contribution in [-0.4, -0.2) is 0 Å².